The van der Waals surface area contributed by atoms with Crippen LogP contribution in [0.15, 0.2) is 35.2 Å². The van der Waals surface area contributed by atoms with Gasteiger partial charge in [0.25, 0.3) is 5.91 Å². The molecule has 0 unspecified atom stereocenters. The summed E-state index contributed by atoms with van der Waals surface area (Å²) in [7, 11) is 0. The van der Waals surface area contributed by atoms with E-state index in [2.05, 4.69) is 20.4 Å². The second kappa shape index (κ2) is 6.59. The molecule has 4 aromatic heterocycles. The third-order valence-electron chi connectivity index (χ3n) is 4.52. The largest absolute Gasteiger partial charge is 0.320 e. The summed E-state index contributed by atoms with van der Waals surface area (Å²) >= 11 is 1.60. The monoisotopic (exact) mass is 377 g/mol. The zero-order valence-corrected chi connectivity index (χ0v) is 16.4. The highest BCUT2D eigenvalue weighted by Crippen LogP contribution is 2.27. The first-order chi connectivity index (χ1) is 13.0. The van der Waals surface area contributed by atoms with Crippen molar-refractivity contribution in [3.63, 3.8) is 0 Å². The molecule has 4 heterocycles. The zero-order chi connectivity index (χ0) is 19.1. The topological polar surface area (TPSA) is 72.7 Å². The number of hydrogen-bond acceptors (Lipinski definition) is 5. The second-order valence-electron chi connectivity index (χ2n) is 6.53. The average Bonchev–Trinajstić information content (AvgIpc) is 3.25. The van der Waals surface area contributed by atoms with Gasteiger partial charge in [-0.2, -0.15) is 16.4 Å². The van der Waals surface area contributed by atoms with Gasteiger partial charge in [0.05, 0.1) is 33.7 Å². The maximum atomic E-state index is 13.1. The fourth-order valence-electron chi connectivity index (χ4n) is 3.21. The first-order valence-corrected chi connectivity index (χ1v) is 9.53. The molecule has 0 fully saturated rings. The van der Waals surface area contributed by atoms with E-state index >= 15 is 0 Å². The number of anilines is 1. The van der Waals surface area contributed by atoms with Gasteiger partial charge in [0.15, 0.2) is 5.65 Å². The number of fused-ring (bicyclic) bond motifs is 1. The van der Waals surface area contributed by atoms with Crippen LogP contribution in [-0.4, -0.2) is 25.7 Å². The number of rotatable bonds is 3. The molecule has 0 atom stereocenters. The number of pyridine rings is 2. The number of carbonyl (C=O) groups is 1. The summed E-state index contributed by atoms with van der Waals surface area (Å²) < 4.78 is 1.80. The summed E-state index contributed by atoms with van der Waals surface area (Å²) in [5, 5.41) is 12.4. The second-order valence-corrected chi connectivity index (χ2v) is 7.31. The predicted molar refractivity (Wildman–Crippen MR) is 108 cm³/mol. The van der Waals surface area contributed by atoms with E-state index < -0.39 is 0 Å². The van der Waals surface area contributed by atoms with Crippen molar-refractivity contribution in [3.8, 4) is 5.69 Å². The van der Waals surface area contributed by atoms with Gasteiger partial charge in [-0.15, -0.1) is 0 Å². The molecule has 0 radical (unpaired) electrons. The lowest BCUT2D eigenvalue weighted by atomic mass is 10.1. The minimum atomic E-state index is -0.183. The maximum absolute atomic E-state index is 13.1. The number of carbonyl (C=O) groups excluding carboxylic acids is 1. The quantitative estimate of drug-likeness (QED) is 0.576. The Balaban J connectivity index is 1.86. The molecule has 0 saturated carbocycles. The van der Waals surface area contributed by atoms with Crippen molar-refractivity contribution in [2.45, 2.75) is 27.7 Å². The van der Waals surface area contributed by atoms with Crippen LogP contribution in [0.2, 0.25) is 0 Å². The lowest BCUT2D eigenvalue weighted by molar-refractivity contribution is 0.102. The highest BCUT2D eigenvalue weighted by atomic mass is 32.1. The molecule has 0 bridgehead atoms. The van der Waals surface area contributed by atoms with Crippen molar-refractivity contribution < 1.29 is 4.79 Å². The number of hydrogen-bond donors (Lipinski definition) is 1. The SMILES string of the molecule is Cc1cc(C(=O)Nc2c(C)ccnc2C)c2c(C)nn(-c3ccsc3)c2n1. The minimum Gasteiger partial charge on any atom is -0.320 e. The van der Waals surface area contributed by atoms with Crippen molar-refractivity contribution in [1.29, 1.82) is 0 Å². The van der Waals surface area contributed by atoms with E-state index in [9.17, 15) is 4.79 Å². The fourth-order valence-corrected chi connectivity index (χ4v) is 3.83. The van der Waals surface area contributed by atoms with E-state index in [1.54, 1.807) is 22.2 Å². The van der Waals surface area contributed by atoms with E-state index in [0.29, 0.717) is 11.2 Å². The summed E-state index contributed by atoms with van der Waals surface area (Å²) in [5.41, 5.74) is 6.25. The molecule has 1 amide bonds. The lowest BCUT2D eigenvalue weighted by Gasteiger charge is -2.12. The molecule has 0 spiro atoms. The van der Waals surface area contributed by atoms with Gasteiger partial charge in [-0.05, 0) is 56.8 Å². The van der Waals surface area contributed by atoms with Crippen LogP contribution < -0.4 is 5.32 Å². The Morgan fingerprint density at radius 1 is 1.15 bits per heavy atom. The van der Waals surface area contributed by atoms with Gasteiger partial charge >= 0.3 is 0 Å². The Bertz CT molecular complexity index is 1140. The first kappa shape index (κ1) is 17.4. The van der Waals surface area contributed by atoms with Crippen LogP contribution >= 0.6 is 11.3 Å². The summed E-state index contributed by atoms with van der Waals surface area (Å²) in [5.74, 6) is -0.183. The Morgan fingerprint density at radius 3 is 2.67 bits per heavy atom. The van der Waals surface area contributed by atoms with Gasteiger partial charge in [-0.1, -0.05) is 0 Å². The molecule has 0 aliphatic carbocycles. The molecule has 0 saturated heterocycles. The standard InChI is InChI=1S/C20H19N5OS/c1-11-5-7-21-14(4)18(11)23-20(26)16-9-12(2)22-19-17(16)13(3)24-25(19)15-6-8-27-10-15/h5-10H,1-4H3,(H,23,26). The van der Waals surface area contributed by atoms with E-state index in [1.165, 1.54) is 0 Å². The van der Waals surface area contributed by atoms with Crippen molar-refractivity contribution in [3.05, 3.63) is 63.4 Å². The Hall–Kier alpha value is -3.06. The summed E-state index contributed by atoms with van der Waals surface area (Å²) in [6.07, 6.45) is 1.74. The van der Waals surface area contributed by atoms with Gasteiger partial charge in [0.2, 0.25) is 0 Å². The Kier molecular flexibility index (Phi) is 4.24. The zero-order valence-electron chi connectivity index (χ0n) is 15.6. The number of aromatic nitrogens is 4. The van der Waals surface area contributed by atoms with Crippen LogP contribution in [0.4, 0.5) is 5.69 Å². The highest BCUT2D eigenvalue weighted by Gasteiger charge is 2.20. The van der Waals surface area contributed by atoms with Crippen LogP contribution in [0.3, 0.4) is 0 Å². The normalized spacial score (nSPS) is 11.1. The summed E-state index contributed by atoms with van der Waals surface area (Å²) in [6, 6.07) is 5.68. The van der Waals surface area contributed by atoms with Crippen LogP contribution in [0.5, 0.6) is 0 Å². The molecule has 7 heteroatoms. The van der Waals surface area contributed by atoms with Crippen molar-refractivity contribution in [2.24, 2.45) is 0 Å². The number of nitrogens with zero attached hydrogens (tertiary/aromatic N) is 4. The molecule has 6 nitrogen and oxygen atoms in total. The molecular formula is C20H19N5OS. The summed E-state index contributed by atoms with van der Waals surface area (Å²) in [6.45, 7) is 7.63. The van der Waals surface area contributed by atoms with E-state index in [4.69, 9.17) is 0 Å². The molecule has 136 valence electrons. The van der Waals surface area contributed by atoms with Gasteiger partial charge in [-0.3, -0.25) is 9.78 Å². The number of thiophene rings is 1. The van der Waals surface area contributed by atoms with Crippen molar-refractivity contribution in [2.75, 3.05) is 5.32 Å². The number of aryl methyl sites for hydroxylation is 4. The fraction of sp³-hybridized carbons (Fsp3) is 0.200. The van der Waals surface area contributed by atoms with Gasteiger partial charge in [0, 0.05) is 17.3 Å². The van der Waals surface area contributed by atoms with E-state index in [-0.39, 0.29) is 5.91 Å². The molecule has 0 aromatic carbocycles. The molecule has 4 rings (SSSR count). The molecule has 1 N–H and O–H groups in total. The van der Waals surface area contributed by atoms with Crippen LogP contribution in [-0.2, 0) is 0 Å². The van der Waals surface area contributed by atoms with Crippen LogP contribution in [0.1, 0.15) is 33.0 Å². The molecular weight excluding hydrogens is 358 g/mol. The molecule has 0 aliphatic heterocycles. The Labute approximate surface area is 160 Å². The first-order valence-electron chi connectivity index (χ1n) is 8.59. The van der Waals surface area contributed by atoms with Crippen molar-refractivity contribution in [1.82, 2.24) is 19.7 Å². The summed E-state index contributed by atoms with van der Waals surface area (Å²) in [4.78, 5) is 22.1. The van der Waals surface area contributed by atoms with Crippen LogP contribution in [0.25, 0.3) is 16.7 Å². The van der Waals surface area contributed by atoms with Gasteiger partial charge in [0.1, 0.15) is 0 Å². The molecule has 27 heavy (non-hydrogen) atoms. The third kappa shape index (κ3) is 3.00. The number of amides is 1. The van der Waals surface area contributed by atoms with E-state index in [0.717, 1.165) is 39.4 Å². The van der Waals surface area contributed by atoms with E-state index in [1.807, 2.05) is 56.7 Å². The molecule has 4 aromatic rings. The lowest BCUT2D eigenvalue weighted by Crippen LogP contribution is -2.15. The smallest absolute Gasteiger partial charge is 0.256 e. The Morgan fingerprint density at radius 2 is 1.96 bits per heavy atom. The van der Waals surface area contributed by atoms with Crippen LogP contribution in [0, 0.1) is 27.7 Å². The highest BCUT2D eigenvalue weighted by molar-refractivity contribution is 7.08. The van der Waals surface area contributed by atoms with Gasteiger partial charge in [-0.25, -0.2) is 9.67 Å². The predicted octanol–water partition coefficient (Wildman–Crippen LogP) is 4.36. The van der Waals surface area contributed by atoms with Gasteiger partial charge < -0.3 is 5.32 Å². The maximum Gasteiger partial charge on any atom is 0.256 e. The third-order valence-corrected chi connectivity index (χ3v) is 5.19. The minimum absolute atomic E-state index is 0.183. The average molecular weight is 377 g/mol. The van der Waals surface area contributed by atoms with Crippen molar-refractivity contribution >= 4 is 34.0 Å². The molecule has 0 aliphatic rings. The number of nitrogens with one attached hydrogen (secondary N) is 1.